The molecule has 1 atom stereocenters. The zero-order valence-electron chi connectivity index (χ0n) is 18.7. The van der Waals surface area contributed by atoms with Gasteiger partial charge in [0.2, 0.25) is 0 Å². The molecule has 1 aromatic carbocycles. The van der Waals surface area contributed by atoms with Gasteiger partial charge in [0.05, 0.1) is 12.0 Å². The summed E-state index contributed by atoms with van der Waals surface area (Å²) < 4.78 is 73.1. The number of halogens is 4. The molecule has 0 saturated heterocycles. The van der Waals surface area contributed by atoms with Crippen molar-refractivity contribution in [1.82, 2.24) is 0 Å². The highest BCUT2D eigenvalue weighted by molar-refractivity contribution is 5.81. The molecule has 0 aliphatic heterocycles. The quantitative estimate of drug-likeness (QED) is 0.146. The van der Waals surface area contributed by atoms with Crippen molar-refractivity contribution < 1.29 is 36.6 Å². The lowest BCUT2D eigenvalue weighted by atomic mass is 9.86. The van der Waals surface area contributed by atoms with E-state index in [9.17, 15) is 22.4 Å². The maximum absolute atomic E-state index is 14.6. The number of unbranched alkanes of at least 4 members (excludes halogenated alkanes) is 3. The van der Waals surface area contributed by atoms with Crippen LogP contribution in [0.3, 0.4) is 0 Å². The van der Waals surface area contributed by atoms with E-state index in [0.29, 0.717) is 18.6 Å². The molecule has 32 heavy (non-hydrogen) atoms. The molecule has 180 valence electrons. The van der Waals surface area contributed by atoms with E-state index in [1.54, 1.807) is 6.92 Å². The number of carbonyl (C=O) groups is 1. The molecule has 0 aromatic heterocycles. The van der Waals surface area contributed by atoms with Gasteiger partial charge in [0, 0.05) is 18.2 Å². The molecule has 0 N–H and O–H groups in total. The number of rotatable bonds is 12. The van der Waals surface area contributed by atoms with Crippen LogP contribution >= 0.6 is 0 Å². The topological polar surface area (TPSA) is 44.8 Å². The van der Waals surface area contributed by atoms with Crippen LogP contribution in [0.2, 0.25) is 0 Å². The third kappa shape index (κ3) is 7.71. The molecule has 1 aliphatic rings. The van der Waals surface area contributed by atoms with Crippen molar-refractivity contribution in [3.63, 3.8) is 0 Å². The fourth-order valence-corrected chi connectivity index (χ4v) is 3.80. The Morgan fingerprint density at radius 3 is 2.34 bits per heavy atom. The first-order valence-corrected chi connectivity index (χ1v) is 11.2. The van der Waals surface area contributed by atoms with Crippen LogP contribution in [0, 0.1) is 17.6 Å². The van der Waals surface area contributed by atoms with Crippen LogP contribution in [0.15, 0.2) is 24.8 Å². The molecular formula is C24H32F4O4. The number of ether oxygens (including phenoxy) is 3. The van der Waals surface area contributed by atoms with Gasteiger partial charge in [0.25, 0.3) is 0 Å². The summed E-state index contributed by atoms with van der Waals surface area (Å²) in [5, 5.41) is 0. The average molecular weight is 461 g/mol. The molecular weight excluding hydrogens is 428 g/mol. The predicted molar refractivity (Wildman–Crippen MR) is 113 cm³/mol. The van der Waals surface area contributed by atoms with E-state index in [2.05, 4.69) is 13.5 Å². The minimum absolute atomic E-state index is 0.0454. The fraction of sp³-hybridized carbons (Fsp3) is 0.625. The SMILES string of the molecule is C=CC(=O)OC1CCC(C(F)(F)Oc2cc(F)c(OC(C)CCCCCC)c(F)c2)CC1. The highest BCUT2D eigenvalue weighted by Gasteiger charge is 2.44. The Morgan fingerprint density at radius 2 is 1.78 bits per heavy atom. The lowest BCUT2D eigenvalue weighted by Crippen LogP contribution is -2.38. The number of benzene rings is 1. The van der Waals surface area contributed by atoms with E-state index in [4.69, 9.17) is 14.2 Å². The first-order valence-electron chi connectivity index (χ1n) is 11.2. The van der Waals surface area contributed by atoms with Gasteiger partial charge in [-0.3, -0.25) is 0 Å². The van der Waals surface area contributed by atoms with Crippen LogP contribution in [-0.4, -0.2) is 24.3 Å². The predicted octanol–water partition coefficient (Wildman–Crippen LogP) is 6.96. The van der Waals surface area contributed by atoms with Gasteiger partial charge in [-0.1, -0.05) is 32.8 Å². The Morgan fingerprint density at radius 1 is 1.16 bits per heavy atom. The zero-order valence-corrected chi connectivity index (χ0v) is 18.7. The van der Waals surface area contributed by atoms with Gasteiger partial charge >= 0.3 is 12.1 Å². The minimum atomic E-state index is -3.62. The van der Waals surface area contributed by atoms with Gasteiger partial charge in [-0.25, -0.2) is 13.6 Å². The third-order valence-corrected chi connectivity index (χ3v) is 5.61. The number of alkyl halides is 2. The van der Waals surface area contributed by atoms with E-state index in [-0.39, 0.29) is 25.7 Å². The highest BCUT2D eigenvalue weighted by Crippen LogP contribution is 2.40. The Kier molecular flexibility index (Phi) is 9.84. The molecule has 0 amide bonds. The van der Waals surface area contributed by atoms with Crippen molar-refractivity contribution in [2.75, 3.05) is 0 Å². The van der Waals surface area contributed by atoms with Crippen molar-refractivity contribution >= 4 is 5.97 Å². The largest absolute Gasteiger partial charge is 0.485 e. The Balaban J connectivity index is 1.94. The first kappa shape index (κ1) is 26.0. The second-order valence-corrected chi connectivity index (χ2v) is 8.27. The van der Waals surface area contributed by atoms with Crippen LogP contribution < -0.4 is 9.47 Å². The van der Waals surface area contributed by atoms with Crippen LogP contribution in [0.1, 0.15) is 71.6 Å². The summed E-state index contributed by atoms with van der Waals surface area (Å²) in [5.74, 6) is -5.12. The normalized spacial score (nSPS) is 19.8. The van der Waals surface area contributed by atoms with Gasteiger partial charge in [0.15, 0.2) is 17.4 Å². The van der Waals surface area contributed by atoms with Crippen molar-refractivity contribution in [1.29, 1.82) is 0 Å². The highest BCUT2D eigenvalue weighted by atomic mass is 19.3. The molecule has 8 heteroatoms. The monoisotopic (exact) mass is 460 g/mol. The molecule has 0 radical (unpaired) electrons. The van der Waals surface area contributed by atoms with E-state index < -0.39 is 53.3 Å². The molecule has 1 saturated carbocycles. The molecule has 0 heterocycles. The fourth-order valence-electron chi connectivity index (χ4n) is 3.80. The molecule has 4 nitrogen and oxygen atoms in total. The summed E-state index contributed by atoms with van der Waals surface area (Å²) in [4.78, 5) is 11.2. The Labute approximate surface area is 186 Å². The molecule has 1 fully saturated rings. The van der Waals surface area contributed by atoms with Crippen LogP contribution in [0.25, 0.3) is 0 Å². The van der Waals surface area contributed by atoms with Gasteiger partial charge in [-0.05, 0) is 45.4 Å². The maximum Gasteiger partial charge on any atom is 0.400 e. The third-order valence-electron chi connectivity index (χ3n) is 5.61. The van der Waals surface area contributed by atoms with Crippen molar-refractivity contribution in [2.45, 2.75) is 90.0 Å². The van der Waals surface area contributed by atoms with Crippen molar-refractivity contribution in [2.24, 2.45) is 5.92 Å². The summed E-state index contributed by atoms with van der Waals surface area (Å²) in [5.41, 5.74) is 0. The summed E-state index contributed by atoms with van der Waals surface area (Å²) in [7, 11) is 0. The lowest BCUT2D eigenvalue weighted by molar-refractivity contribution is -0.225. The summed E-state index contributed by atoms with van der Waals surface area (Å²) in [6.07, 6.45) is 1.80. The standard InChI is InChI=1S/C24H32F4O4/c1-4-6-7-8-9-16(3)30-23-20(25)14-19(15-21(23)26)32-24(27,28)17-10-12-18(13-11-17)31-22(29)5-2/h5,14-18H,2,4,6-13H2,1,3H3. The summed E-state index contributed by atoms with van der Waals surface area (Å²) in [6.45, 7) is 7.10. The molecule has 1 aliphatic carbocycles. The Hall–Kier alpha value is -2.25. The average Bonchev–Trinajstić information content (AvgIpc) is 2.74. The summed E-state index contributed by atoms with van der Waals surface area (Å²) in [6, 6.07) is 1.43. The number of hydrogen-bond donors (Lipinski definition) is 0. The van der Waals surface area contributed by atoms with Gasteiger partial charge in [-0.15, -0.1) is 0 Å². The van der Waals surface area contributed by atoms with Crippen molar-refractivity contribution in [3.05, 3.63) is 36.4 Å². The van der Waals surface area contributed by atoms with Crippen LogP contribution in [0.4, 0.5) is 17.6 Å². The Bertz CT molecular complexity index is 737. The van der Waals surface area contributed by atoms with E-state index in [1.807, 2.05) is 0 Å². The van der Waals surface area contributed by atoms with Gasteiger partial charge in [-0.2, -0.15) is 8.78 Å². The molecule has 2 rings (SSSR count). The molecule has 0 bridgehead atoms. The second kappa shape index (κ2) is 12.1. The molecule has 1 unspecified atom stereocenters. The smallest absolute Gasteiger partial charge is 0.400 e. The second-order valence-electron chi connectivity index (χ2n) is 8.27. The molecule has 1 aromatic rings. The van der Waals surface area contributed by atoms with E-state index in [1.165, 1.54) is 0 Å². The van der Waals surface area contributed by atoms with E-state index >= 15 is 0 Å². The summed E-state index contributed by atoms with van der Waals surface area (Å²) >= 11 is 0. The van der Waals surface area contributed by atoms with Gasteiger partial charge < -0.3 is 14.2 Å². The lowest BCUT2D eigenvalue weighted by Gasteiger charge is -2.32. The zero-order chi connectivity index (χ0) is 23.7. The number of carbonyl (C=O) groups excluding carboxylic acids is 1. The van der Waals surface area contributed by atoms with Crippen molar-refractivity contribution in [3.8, 4) is 11.5 Å². The van der Waals surface area contributed by atoms with Crippen LogP contribution in [-0.2, 0) is 9.53 Å². The number of hydrogen-bond acceptors (Lipinski definition) is 4. The van der Waals surface area contributed by atoms with Gasteiger partial charge in [0.1, 0.15) is 11.9 Å². The first-order chi connectivity index (χ1) is 15.2. The molecule has 0 spiro atoms. The minimum Gasteiger partial charge on any atom is -0.485 e. The van der Waals surface area contributed by atoms with Crippen LogP contribution in [0.5, 0.6) is 11.5 Å². The number of esters is 1. The maximum atomic E-state index is 14.6. The van der Waals surface area contributed by atoms with E-state index in [0.717, 1.165) is 31.8 Å².